The topological polar surface area (TPSA) is 9.23 Å². The quantitative estimate of drug-likeness (QED) is 0.642. The summed E-state index contributed by atoms with van der Waals surface area (Å²) < 4.78 is 6.27. The second-order valence-electron chi connectivity index (χ2n) is 4.19. The molecule has 0 saturated heterocycles. The molecule has 1 atom stereocenters. The average molecular weight is 360 g/mol. The molecule has 4 heteroatoms. The van der Waals surface area contributed by atoms with Crippen LogP contribution in [0.5, 0.6) is 5.75 Å². The van der Waals surface area contributed by atoms with Gasteiger partial charge in [0, 0.05) is 9.50 Å². The third kappa shape index (κ3) is 3.88. The molecule has 1 nitrogen and oxygen atoms in total. The van der Waals surface area contributed by atoms with Gasteiger partial charge >= 0.3 is 0 Å². The lowest BCUT2D eigenvalue weighted by Gasteiger charge is -2.13. The molecule has 0 heterocycles. The summed E-state index contributed by atoms with van der Waals surface area (Å²) in [5, 5.41) is 0.529. The zero-order valence-corrected chi connectivity index (χ0v) is 13.5. The first-order valence-corrected chi connectivity index (χ1v) is 7.43. The SMILES string of the molecule is COc1ccccc1CC(Cl)c1cc(Cl)cc(Br)c1. The average Bonchev–Trinajstić information content (AvgIpc) is 2.38. The molecule has 0 amide bonds. The van der Waals surface area contributed by atoms with Gasteiger partial charge < -0.3 is 4.74 Å². The van der Waals surface area contributed by atoms with Gasteiger partial charge in [0.1, 0.15) is 5.75 Å². The van der Waals surface area contributed by atoms with Crippen molar-refractivity contribution in [2.75, 3.05) is 7.11 Å². The van der Waals surface area contributed by atoms with E-state index in [1.54, 1.807) is 7.11 Å². The van der Waals surface area contributed by atoms with Gasteiger partial charge in [0.25, 0.3) is 0 Å². The molecule has 19 heavy (non-hydrogen) atoms. The van der Waals surface area contributed by atoms with Gasteiger partial charge in [-0.05, 0) is 41.8 Å². The van der Waals surface area contributed by atoms with E-state index in [9.17, 15) is 0 Å². The molecule has 0 aliphatic rings. The molecule has 1 unspecified atom stereocenters. The van der Waals surface area contributed by atoms with Crippen molar-refractivity contribution in [3.05, 3.63) is 63.1 Å². The van der Waals surface area contributed by atoms with Gasteiger partial charge in [-0.1, -0.05) is 45.7 Å². The maximum atomic E-state index is 6.48. The molecule has 0 saturated carbocycles. The standard InChI is InChI=1S/C15H13BrCl2O/c1-19-15-5-3-2-4-10(15)8-14(18)11-6-12(16)9-13(17)7-11/h2-7,9,14H,8H2,1H3. The van der Waals surface area contributed by atoms with E-state index in [2.05, 4.69) is 15.9 Å². The summed E-state index contributed by atoms with van der Waals surface area (Å²) in [6.07, 6.45) is 0.693. The normalized spacial score (nSPS) is 12.2. The number of alkyl halides is 1. The lowest BCUT2D eigenvalue weighted by atomic mass is 10.0. The van der Waals surface area contributed by atoms with Crippen LogP contribution >= 0.6 is 39.1 Å². The molecule has 0 aliphatic carbocycles. The van der Waals surface area contributed by atoms with Crippen molar-refractivity contribution < 1.29 is 4.74 Å². The Labute approximate surface area is 131 Å². The van der Waals surface area contributed by atoms with Crippen LogP contribution in [0.2, 0.25) is 5.02 Å². The van der Waals surface area contributed by atoms with Crippen LogP contribution in [0.25, 0.3) is 0 Å². The van der Waals surface area contributed by atoms with E-state index < -0.39 is 0 Å². The monoisotopic (exact) mass is 358 g/mol. The Hall–Kier alpha value is -0.700. The molecular weight excluding hydrogens is 347 g/mol. The number of methoxy groups -OCH3 is 1. The van der Waals surface area contributed by atoms with Crippen LogP contribution in [-0.2, 0) is 6.42 Å². The van der Waals surface area contributed by atoms with E-state index in [1.165, 1.54) is 0 Å². The first-order chi connectivity index (χ1) is 9.10. The van der Waals surface area contributed by atoms with E-state index in [-0.39, 0.29) is 5.38 Å². The van der Waals surface area contributed by atoms with Crippen LogP contribution < -0.4 is 4.74 Å². The zero-order chi connectivity index (χ0) is 13.8. The van der Waals surface area contributed by atoms with Gasteiger partial charge in [0.2, 0.25) is 0 Å². The number of hydrogen-bond acceptors (Lipinski definition) is 1. The van der Waals surface area contributed by atoms with Gasteiger partial charge in [0.15, 0.2) is 0 Å². The lowest BCUT2D eigenvalue weighted by molar-refractivity contribution is 0.409. The Morgan fingerprint density at radius 3 is 2.63 bits per heavy atom. The van der Waals surface area contributed by atoms with Crippen molar-refractivity contribution in [3.8, 4) is 5.75 Å². The maximum absolute atomic E-state index is 6.48. The Morgan fingerprint density at radius 1 is 1.21 bits per heavy atom. The zero-order valence-electron chi connectivity index (χ0n) is 10.4. The number of para-hydroxylation sites is 1. The molecule has 0 radical (unpaired) electrons. The van der Waals surface area contributed by atoms with E-state index in [4.69, 9.17) is 27.9 Å². The molecule has 0 bridgehead atoms. The van der Waals surface area contributed by atoms with E-state index in [1.807, 2.05) is 42.5 Å². The molecular formula is C15H13BrCl2O. The van der Waals surface area contributed by atoms with E-state index in [0.717, 1.165) is 21.3 Å². The Kier molecular flexibility index (Phi) is 5.14. The second-order valence-corrected chi connectivity index (χ2v) is 6.07. The van der Waals surface area contributed by atoms with Crippen molar-refractivity contribution in [1.82, 2.24) is 0 Å². The van der Waals surface area contributed by atoms with Gasteiger partial charge in [-0.2, -0.15) is 0 Å². The summed E-state index contributed by atoms with van der Waals surface area (Å²) in [4.78, 5) is 0. The van der Waals surface area contributed by atoms with Crippen LogP contribution in [0.1, 0.15) is 16.5 Å². The third-order valence-electron chi connectivity index (χ3n) is 2.84. The first-order valence-electron chi connectivity index (χ1n) is 5.82. The molecule has 0 N–H and O–H groups in total. The number of halogens is 3. The summed E-state index contributed by atoms with van der Waals surface area (Å²) in [6, 6.07) is 13.6. The Morgan fingerprint density at radius 2 is 1.95 bits per heavy atom. The third-order valence-corrected chi connectivity index (χ3v) is 3.92. The highest BCUT2D eigenvalue weighted by atomic mass is 79.9. The van der Waals surface area contributed by atoms with Crippen LogP contribution in [0.3, 0.4) is 0 Å². The summed E-state index contributed by atoms with van der Waals surface area (Å²) in [5.41, 5.74) is 2.08. The second kappa shape index (κ2) is 6.65. The summed E-state index contributed by atoms with van der Waals surface area (Å²) in [5.74, 6) is 0.856. The minimum atomic E-state index is -0.147. The number of ether oxygens (including phenoxy) is 1. The fraction of sp³-hybridized carbons (Fsp3) is 0.200. The number of benzene rings is 2. The maximum Gasteiger partial charge on any atom is 0.122 e. The molecule has 0 aliphatic heterocycles. The minimum Gasteiger partial charge on any atom is -0.496 e. The number of hydrogen-bond donors (Lipinski definition) is 0. The predicted molar refractivity (Wildman–Crippen MR) is 84.4 cm³/mol. The fourth-order valence-electron chi connectivity index (χ4n) is 1.94. The largest absolute Gasteiger partial charge is 0.496 e. The van der Waals surface area contributed by atoms with E-state index in [0.29, 0.717) is 11.4 Å². The summed E-state index contributed by atoms with van der Waals surface area (Å²) in [6.45, 7) is 0. The number of rotatable bonds is 4. The van der Waals surface area contributed by atoms with Gasteiger partial charge in [-0.15, -0.1) is 11.6 Å². The predicted octanol–water partition coefficient (Wildman–Crippen LogP) is 5.63. The van der Waals surface area contributed by atoms with Crippen molar-refractivity contribution in [2.24, 2.45) is 0 Å². The van der Waals surface area contributed by atoms with Crippen LogP contribution in [0.15, 0.2) is 46.9 Å². The highest BCUT2D eigenvalue weighted by Crippen LogP contribution is 2.32. The van der Waals surface area contributed by atoms with E-state index >= 15 is 0 Å². The Bertz CT molecular complexity index is 552. The van der Waals surface area contributed by atoms with Crippen molar-refractivity contribution >= 4 is 39.1 Å². The van der Waals surface area contributed by atoms with Gasteiger partial charge in [-0.25, -0.2) is 0 Å². The molecule has 100 valence electrons. The van der Waals surface area contributed by atoms with Crippen LogP contribution in [-0.4, -0.2) is 7.11 Å². The Balaban J connectivity index is 2.22. The highest BCUT2D eigenvalue weighted by molar-refractivity contribution is 9.10. The van der Waals surface area contributed by atoms with Gasteiger partial charge in [0.05, 0.1) is 12.5 Å². The molecule has 2 aromatic rings. The summed E-state index contributed by atoms with van der Waals surface area (Å²) in [7, 11) is 1.66. The van der Waals surface area contributed by atoms with Crippen molar-refractivity contribution in [3.63, 3.8) is 0 Å². The molecule has 2 aromatic carbocycles. The summed E-state index contributed by atoms with van der Waals surface area (Å²) >= 11 is 15.9. The molecule has 0 aromatic heterocycles. The van der Waals surface area contributed by atoms with Crippen LogP contribution in [0, 0.1) is 0 Å². The van der Waals surface area contributed by atoms with Crippen molar-refractivity contribution in [1.29, 1.82) is 0 Å². The van der Waals surface area contributed by atoms with Crippen LogP contribution in [0.4, 0.5) is 0 Å². The molecule has 0 spiro atoms. The van der Waals surface area contributed by atoms with Gasteiger partial charge in [-0.3, -0.25) is 0 Å². The smallest absolute Gasteiger partial charge is 0.122 e. The molecule has 2 rings (SSSR count). The highest BCUT2D eigenvalue weighted by Gasteiger charge is 2.13. The molecule has 0 fully saturated rings. The van der Waals surface area contributed by atoms with Crippen molar-refractivity contribution in [2.45, 2.75) is 11.8 Å². The lowest BCUT2D eigenvalue weighted by Crippen LogP contribution is -1.98. The minimum absolute atomic E-state index is 0.147. The fourth-order valence-corrected chi connectivity index (χ4v) is 3.12. The first kappa shape index (κ1) is 14.7.